The van der Waals surface area contributed by atoms with Crippen LogP contribution in [0.3, 0.4) is 0 Å². The molecule has 0 atom stereocenters. The summed E-state index contributed by atoms with van der Waals surface area (Å²) < 4.78 is 1.90. The Morgan fingerprint density at radius 1 is 1.29 bits per heavy atom. The maximum atomic E-state index is 4.46. The Morgan fingerprint density at radius 2 is 2.19 bits per heavy atom. The average Bonchev–Trinajstić information content (AvgIpc) is 3.08. The van der Waals surface area contributed by atoms with Crippen molar-refractivity contribution in [3.63, 3.8) is 0 Å². The van der Waals surface area contributed by atoms with Crippen LogP contribution in [0.25, 0.3) is 11.2 Å². The molecule has 110 valence electrons. The lowest BCUT2D eigenvalue weighted by Gasteiger charge is -2.08. The second-order valence-corrected chi connectivity index (χ2v) is 4.73. The summed E-state index contributed by atoms with van der Waals surface area (Å²) >= 11 is 0. The van der Waals surface area contributed by atoms with Crippen molar-refractivity contribution >= 4 is 22.9 Å². The highest BCUT2D eigenvalue weighted by Gasteiger charge is 2.09. The van der Waals surface area contributed by atoms with Crippen LogP contribution in [0.2, 0.25) is 0 Å². The van der Waals surface area contributed by atoms with Crippen LogP contribution in [0.5, 0.6) is 0 Å². The molecule has 0 saturated heterocycles. The first-order valence-electron chi connectivity index (χ1n) is 6.94. The molecule has 0 bridgehead atoms. The van der Waals surface area contributed by atoms with E-state index in [4.69, 9.17) is 0 Å². The molecule has 0 fully saturated rings. The fourth-order valence-electron chi connectivity index (χ4n) is 2.08. The molecule has 0 aliphatic carbocycles. The molecule has 0 saturated carbocycles. The summed E-state index contributed by atoms with van der Waals surface area (Å²) in [5.74, 6) is 1.33. The molecule has 3 heterocycles. The average molecular weight is 286 g/mol. The van der Waals surface area contributed by atoms with Crippen LogP contribution >= 0.6 is 0 Å². The third-order valence-corrected chi connectivity index (χ3v) is 3.02. The van der Waals surface area contributed by atoms with Gasteiger partial charge < -0.3 is 15.6 Å². The maximum Gasteiger partial charge on any atom is 0.226 e. The molecular weight excluding hydrogens is 268 g/mol. The van der Waals surface area contributed by atoms with Gasteiger partial charge in [0.2, 0.25) is 5.95 Å². The zero-order valence-corrected chi connectivity index (χ0v) is 12.1. The lowest BCUT2D eigenvalue weighted by Crippen LogP contribution is -2.13. The number of hydrogen-bond acceptors (Lipinski definition) is 6. The van der Waals surface area contributed by atoms with E-state index < -0.39 is 0 Å². The standard InChI is InChI=1S/C13H18N8/c1-3-14-13-19-11(10-12(20-13)17-8-16-10)15-4-5-21-7-9(2)6-18-21/h6-8H,3-5H2,1-2H3,(H3,14,15,16,17,19,20). The number of anilines is 2. The molecule has 0 amide bonds. The molecule has 0 aromatic carbocycles. The van der Waals surface area contributed by atoms with Gasteiger partial charge in [0.15, 0.2) is 11.5 Å². The first kappa shape index (κ1) is 13.3. The smallest absolute Gasteiger partial charge is 0.226 e. The summed E-state index contributed by atoms with van der Waals surface area (Å²) in [5.41, 5.74) is 2.62. The van der Waals surface area contributed by atoms with Crippen molar-refractivity contribution in [3.05, 3.63) is 24.3 Å². The van der Waals surface area contributed by atoms with Gasteiger partial charge in [0.25, 0.3) is 0 Å². The molecule has 3 rings (SSSR count). The summed E-state index contributed by atoms with van der Waals surface area (Å²) in [7, 11) is 0. The van der Waals surface area contributed by atoms with Crippen LogP contribution in [-0.4, -0.2) is 42.8 Å². The van der Waals surface area contributed by atoms with E-state index in [0.717, 1.165) is 36.5 Å². The number of imidazole rings is 1. The Bertz CT molecular complexity index is 729. The second kappa shape index (κ2) is 5.78. The molecule has 0 radical (unpaired) electrons. The van der Waals surface area contributed by atoms with Gasteiger partial charge in [-0.1, -0.05) is 0 Å². The van der Waals surface area contributed by atoms with Gasteiger partial charge in [0.05, 0.1) is 19.1 Å². The largest absolute Gasteiger partial charge is 0.366 e. The summed E-state index contributed by atoms with van der Waals surface area (Å²) in [4.78, 5) is 16.0. The van der Waals surface area contributed by atoms with E-state index in [1.165, 1.54) is 0 Å². The Labute approximate surface area is 122 Å². The number of aromatic nitrogens is 6. The Kier molecular flexibility index (Phi) is 3.67. The van der Waals surface area contributed by atoms with Crippen molar-refractivity contribution in [2.45, 2.75) is 20.4 Å². The molecule has 8 nitrogen and oxygen atoms in total. The zero-order valence-electron chi connectivity index (χ0n) is 12.1. The number of hydrogen-bond donors (Lipinski definition) is 3. The molecule has 8 heteroatoms. The van der Waals surface area contributed by atoms with Crippen molar-refractivity contribution < 1.29 is 0 Å². The van der Waals surface area contributed by atoms with Crippen molar-refractivity contribution in [3.8, 4) is 0 Å². The molecule has 0 unspecified atom stereocenters. The highest BCUT2D eigenvalue weighted by molar-refractivity contribution is 5.83. The van der Waals surface area contributed by atoms with Crippen LogP contribution in [0.4, 0.5) is 11.8 Å². The monoisotopic (exact) mass is 286 g/mol. The Balaban J connectivity index is 1.74. The third kappa shape index (κ3) is 2.93. The molecule has 0 aliphatic rings. The quantitative estimate of drug-likeness (QED) is 0.634. The van der Waals surface area contributed by atoms with Gasteiger partial charge in [-0.05, 0) is 19.4 Å². The highest BCUT2D eigenvalue weighted by atomic mass is 15.3. The topological polar surface area (TPSA) is 96.3 Å². The molecule has 21 heavy (non-hydrogen) atoms. The van der Waals surface area contributed by atoms with E-state index in [9.17, 15) is 0 Å². The lowest BCUT2D eigenvalue weighted by molar-refractivity contribution is 0.637. The van der Waals surface area contributed by atoms with E-state index in [-0.39, 0.29) is 0 Å². The number of fused-ring (bicyclic) bond motifs is 1. The molecule has 0 aliphatic heterocycles. The van der Waals surface area contributed by atoms with Crippen LogP contribution in [0.1, 0.15) is 12.5 Å². The second-order valence-electron chi connectivity index (χ2n) is 4.73. The first-order chi connectivity index (χ1) is 10.3. The number of aryl methyl sites for hydroxylation is 1. The summed E-state index contributed by atoms with van der Waals surface area (Å²) in [6.07, 6.45) is 5.48. The molecular formula is C13H18N8. The fraction of sp³-hybridized carbons (Fsp3) is 0.385. The zero-order chi connectivity index (χ0) is 14.7. The van der Waals surface area contributed by atoms with Crippen LogP contribution in [0, 0.1) is 6.92 Å². The minimum Gasteiger partial charge on any atom is -0.366 e. The van der Waals surface area contributed by atoms with Gasteiger partial charge in [-0.2, -0.15) is 15.1 Å². The van der Waals surface area contributed by atoms with E-state index in [2.05, 4.69) is 35.7 Å². The van der Waals surface area contributed by atoms with Gasteiger partial charge in [0, 0.05) is 19.3 Å². The van der Waals surface area contributed by atoms with E-state index >= 15 is 0 Å². The van der Waals surface area contributed by atoms with E-state index in [0.29, 0.717) is 11.6 Å². The Morgan fingerprint density at radius 3 is 2.95 bits per heavy atom. The summed E-state index contributed by atoms with van der Waals surface area (Å²) in [6.45, 7) is 6.28. The fourth-order valence-corrected chi connectivity index (χ4v) is 2.08. The van der Waals surface area contributed by atoms with Gasteiger partial charge >= 0.3 is 0 Å². The predicted octanol–water partition coefficient (Wildman–Crippen LogP) is 1.40. The molecule has 3 N–H and O–H groups in total. The van der Waals surface area contributed by atoms with Crippen LogP contribution < -0.4 is 10.6 Å². The number of rotatable bonds is 6. The van der Waals surface area contributed by atoms with Crippen molar-refractivity contribution in [2.75, 3.05) is 23.7 Å². The molecule has 0 spiro atoms. The van der Waals surface area contributed by atoms with Crippen molar-refractivity contribution in [1.82, 2.24) is 29.7 Å². The summed E-state index contributed by atoms with van der Waals surface area (Å²) in [6, 6.07) is 0. The van der Waals surface area contributed by atoms with Gasteiger partial charge in [-0.15, -0.1) is 0 Å². The van der Waals surface area contributed by atoms with Crippen LogP contribution in [-0.2, 0) is 6.54 Å². The lowest BCUT2D eigenvalue weighted by atomic mass is 10.4. The van der Waals surface area contributed by atoms with E-state index in [1.807, 2.05) is 30.9 Å². The van der Waals surface area contributed by atoms with E-state index in [1.54, 1.807) is 6.33 Å². The normalized spacial score (nSPS) is 11.0. The van der Waals surface area contributed by atoms with Gasteiger partial charge in [-0.3, -0.25) is 4.68 Å². The number of aromatic amines is 1. The minimum absolute atomic E-state index is 0.578. The summed E-state index contributed by atoms with van der Waals surface area (Å²) in [5, 5.41) is 10.7. The molecule has 3 aromatic rings. The van der Waals surface area contributed by atoms with Gasteiger partial charge in [0.1, 0.15) is 5.52 Å². The van der Waals surface area contributed by atoms with Gasteiger partial charge in [-0.25, -0.2) is 4.98 Å². The minimum atomic E-state index is 0.578. The van der Waals surface area contributed by atoms with Crippen molar-refractivity contribution in [2.24, 2.45) is 0 Å². The Hall–Kier alpha value is -2.64. The number of nitrogens with zero attached hydrogens (tertiary/aromatic N) is 5. The third-order valence-electron chi connectivity index (χ3n) is 3.02. The van der Waals surface area contributed by atoms with Crippen molar-refractivity contribution in [1.29, 1.82) is 0 Å². The SMILES string of the molecule is CCNc1nc(NCCn2cc(C)cn2)c2[nH]cnc2n1. The maximum absolute atomic E-state index is 4.46. The number of H-pyrrole nitrogens is 1. The predicted molar refractivity (Wildman–Crippen MR) is 81.3 cm³/mol. The first-order valence-corrected chi connectivity index (χ1v) is 6.94. The van der Waals surface area contributed by atoms with Crippen LogP contribution in [0.15, 0.2) is 18.7 Å². The number of nitrogens with one attached hydrogen (secondary N) is 3. The molecule has 3 aromatic heterocycles. The highest BCUT2D eigenvalue weighted by Crippen LogP contribution is 2.18.